The number of nitrogens with two attached hydrogens (primary N) is 1. The maximum absolute atomic E-state index is 13.5. The van der Waals surface area contributed by atoms with Gasteiger partial charge in [0, 0.05) is 11.3 Å². The van der Waals surface area contributed by atoms with Crippen molar-refractivity contribution in [1.82, 2.24) is 4.98 Å². The zero-order chi connectivity index (χ0) is 16.3. The summed E-state index contributed by atoms with van der Waals surface area (Å²) in [5, 5.41) is 9.47. The predicted octanol–water partition coefficient (Wildman–Crippen LogP) is 4.62. The van der Waals surface area contributed by atoms with Gasteiger partial charge in [0.1, 0.15) is 23.3 Å². The summed E-state index contributed by atoms with van der Waals surface area (Å²) in [6.45, 7) is 4.10. The number of pyridine rings is 1. The van der Waals surface area contributed by atoms with Gasteiger partial charge in [-0.05, 0) is 52.0 Å². The predicted molar refractivity (Wildman–Crippen MR) is 89.8 cm³/mol. The second kappa shape index (κ2) is 6.89. The number of nitrogens with zero attached hydrogens (tertiary/aromatic N) is 2. The quantitative estimate of drug-likeness (QED) is 0.863. The molecule has 0 aliphatic rings. The van der Waals surface area contributed by atoms with Crippen molar-refractivity contribution in [3.8, 4) is 17.2 Å². The number of nitriles is 1. The zero-order valence-corrected chi connectivity index (χ0v) is 14.2. The second-order valence-electron chi connectivity index (χ2n) is 5.02. The lowest BCUT2D eigenvalue weighted by atomic mass is 9.91. The Bertz CT molecular complexity index is 751. The molecular weight excluding hydrogens is 345 g/mol. The Hall–Kier alpha value is -1.93. The van der Waals surface area contributed by atoms with Gasteiger partial charge in [0.2, 0.25) is 0 Å². The fourth-order valence-electron chi connectivity index (χ4n) is 2.60. The van der Waals surface area contributed by atoms with Crippen LogP contribution >= 0.6 is 15.9 Å². The molecule has 0 aliphatic heterocycles. The maximum atomic E-state index is 13.5. The monoisotopic (exact) mass is 361 g/mol. The highest BCUT2D eigenvalue weighted by molar-refractivity contribution is 9.10. The van der Waals surface area contributed by atoms with E-state index < -0.39 is 0 Å². The summed E-state index contributed by atoms with van der Waals surface area (Å²) in [6.07, 6.45) is 2.48. The Labute approximate surface area is 138 Å². The van der Waals surface area contributed by atoms with Gasteiger partial charge in [-0.2, -0.15) is 5.26 Å². The summed E-state index contributed by atoms with van der Waals surface area (Å²) < 4.78 is 13.9. The number of anilines is 1. The Balaban J connectivity index is 2.81. The van der Waals surface area contributed by atoms with Crippen LogP contribution in [0.5, 0.6) is 0 Å². The van der Waals surface area contributed by atoms with Crippen LogP contribution in [0.2, 0.25) is 0 Å². The molecule has 22 heavy (non-hydrogen) atoms. The highest BCUT2D eigenvalue weighted by Crippen LogP contribution is 2.34. The van der Waals surface area contributed by atoms with Gasteiger partial charge >= 0.3 is 0 Å². The van der Waals surface area contributed by atoms with E-state index in [2.05, 4.69) is 33.9 Å². The van der Waals surface area contributed by atoms with E-state index in [1.54, 1.807) is 12.1 Å². The molecule has 2 aromatic rings. The third-order valence-electron chi connectivity index (χ3n) is 3.57. The average molecular weight is 362 g/mol. The molecular formula is C17H17BrFN3. The van der Waals surface area contributed by atoms with Crippen molar-refractivity contribution in [3.63, 3.8) is 0 Å². The van der Waals surface area contributed by atoms with Crippen LogP contribution in [-0.4, -0.2) is 4.98 Å². The molecule has 2 N–H and O–H groups in total. The second-order valence-corrected chi connectivity index (χ2v) is 5.87. The Kier molecular flexibility index (Phi) is 5.15. The first kappa shape index (κ1) is 16.4. The van der Waals surface area contributed by atoms with Crippen LogP contribution in [0.1, 0.15) is 37.1 Å². The molecule has 0 aliphatic carbocycles. The molecule has 0 radical (unpaired) electrons. The van der Waals surface area contributed by atoms with Gasteiger partial charge in [0.05, 0.1) is 4.47 Å². The van der Waals surface area contributed by atoms with Crippen LogP contribution in [0.25, 0.3) is 11.1 Å². The van der Waals surface area contributed by atoms with E-state index in [4.69, 9.17) is 5.73 Å². The summed E-state index contributed by atoms with van der Waals surface area (Å²) in [4.78, 5) is 4.40. The van der Waals surface area contributed by atoms with Crippen LogP contribution in [0.4, 0.5) is 10.2 Å². The van der Waals surface area contributed by atoms with Gasteiger partial charge in [-0.3, -0.25) is 0 Å². The highest BCUT2D eigenvalue weighted by Gasteiger charge is 2.19. The first-order valence-corrected chi connectivity index (χ1v) is 7.99. The smallest absolute Gasteiger partial charge is 0.142 e. The largest absolute Gasteiger partial charge is 0.383 e. The molecule has 5 heteroatoms. The standard InChI is InChI=1S/C17H17BrFN3/c1-3-5-15-11(4-2)16(12(9-20)17(21)22-15)10-6-7-14(19)13(18)8-10/h6-8H,3-5H2,1-2H3,(H2,21,22). The molecule has 114 valence electrons. The van der Waals surface area contributed by atoms with Crippen LogP contribution in [0.3, 0.4) is 0 Å². The summed E-state index contributed by atoms with van der Waals surface area (Å²) >= 11 is 3.20. The van der Waals surface area contributed by atoms with Crippen molar-refractivity contribution < 1.29 is 4.39 Å². The number of aryl methyl sites for hydroxylation is 1. The molecule has 0 unspecified atom stereocenters. The van der Waals surface area contributed by atoms with Crippen LogP contribution in [-0.2, 0) is 12.8 Å². The molecule has 1 aromatic heterocycles. The topological polar surface area (TPSA) is 62.7 Å². The lowest BCUT2D eigenvalue weighted by Crippen LogP contribution is -2.07. The summed E-state index contributed by atoms with van der Waals surface area (Å²) in [7, 11) is 0. The van der Waals surface area contributed by atoms with E-state index in [1.807, 2.05) is 6.92 Å². The minimum absolute atomic E-state index is 0.235. The molecule has 0 spiro atoms. The van der Waals surface area contributed by atoms with Gasteiger partial charge in [0.15, 0.2) is 0 Å². The molecule has 0 atom stereocenters. The van der Waals surface area contributed by atoms with Gasteiger partial charge in [-0.15, -0.1) is 0 Å². The number of rotatable bonds is 4. The molecule has 0 saturated heterocycles. The number of benzene rings is 1. The zero-order valence-electron chi connectivity index (χ0n) is 12.6. The number of hydrogen-bond donors (Lipinski definition) is 1. The molecule has 1 aromatic carbocycles. The summed E-state index contributed by atoms with van der Waals surface area (Å²) in [6, 6.07) is 6.88. The Morgan fingerprint density at radius 1 is 1.36 bits per heavy atom. The molecule has 0 amide bonds. The van der Waals surface area contributed by atoms with Crippen molar-refractivity contribution in [2.45, 2.75) is 33.1 Å². The molecule has 1 heterocycles. The summed E-state index contributed by atoms with van der Waals surface area (Å²) in [5.41, 5.74) is 9.79. The molecule has 0 fully saturated rings. The lowest BCUT2D eigenvalue weighted by Gasteiger charge is -2.16. The van der Waals surface area contributed by atoms with Crippen molar-refractivity contribution in [1.29, 1.82) is 5.26 Å². The Morgan fingerprint density at radius 2 is 2.09 bits per heavy atom. The van der Waals surface area contributed by atoms with Gasteiger partial charge in [-0.25, -0.2) is 9.37 Å². The molecule has 2 rings (SSSR count). The van der Waals surface area contributed by atoms with E-state index in [1.165, 1.54) is 6.07 Å². The fourth-order valence-corrected chi connectivity index (χ4v) is 2.98. The van der Waals surface area contributed by atoms with Crippen molar-refractivity contribution >= 4 is 21.7 Å². The molecule has 3 nitrogen and oxygen atoms in total. The van der Waals surface area contributed by atoms with Crippen molar-refractivity contribution in [2.24, 2.45) is 0 Å². The number of halogens is 2. The minimum atomic E-state index is -0.337. The number of nitrogen functional groups attached to an aromatic ring is 1. The van der Waals surface area contributed by atoms with Gasteiger partial charge < -0.3 is 5.73 Å². The Morgan fingerprint density at radius 3 is 2.64 bits per heavy atom. The van der Waals surface area contributed by atoms with Crippen LogP contribution in [0, 0.1) is 17.1 Å². The third-order valence-corrected chi connectivity index (χ3v) is 4.18. The highest BCUT2D eigenvalue weighted by atomic mass is 79.9. The molecule has 0 saturated carbocycles. The van der Waals surface area contributed by atoms with E-state index in [9.17, 15) is 9.65 Å². The maximum Gasteiger partial charge on any atom is 0.142 e. The average Bonchev–Trinajstić information content (AvgIpc) is 2.50. The number of aromatic nitrogens is 1. The first-order valence-electron chi connectivity index (χ1n) is 7.20. The van der Waals surface area contributed by atoms with Crippen molar-refractivity contribution in [2.75, 3.05) is 5.73 Å². The lowest BCUT2D eigenvalue weighted by molar-refractivity contribution is 0.621. The third kappa shape index (κ3) is 2.97. The van der Waals surface area contributed by atoms with E-state index in [-0.39, 0.29) is 11.6 Å². The van der Waals surface area contributed by atoms with Crippen LogP contribution < -0.4 is 5.73 Å². The normalized spacial score (nSPS) is 10.5. The fraction of sp³-hybridized carbons (Fsp3) is 0.294. The summed E-state index contributed by atoms with van der Waals surface area (Å²) in [5.74, 6) is -0.102. The first-order chi connectivity index (χ1) is 10.5. The molecule has 0 bridgehead atoms. The van der Waals surface area contributed by atoms with Gasteiger partial charge in [-0.1, -0.05) is 26.3 Å². The van der Waals surface area contributed by atoms with E-state index in [0.29, 0.717) is 10.0 Å². The van der Waals surface area contributed by atoms with Crippen LogP contribution in [0.15, 0.2) is 22.7 Å². The van der Waals surface area contributed by atoms with Crippen molar-refractivity contribution in [3.05, 3.63) is 45.3 Å². The van der Waals surface area contributed by atoms with E-state index in [0.717, 1.165) is 41.6 Å². The number of hydrogen-bond acceptors (Lipinski definition) is 3. The SMILES string of the molecule is CCCc1nc(N)c(C#N)c(-c2ccc(F)c(Br)c2)c1CC. The van der Waals surface area contributed by atoms with E-state index >= 15 is 0 Å². The van der Waals surface area contributed by atoms with Gasteiger partial charge in [0.25, 0.3) is 0 Å². The minimum Gasteiger partial charge on any atom is -0.383 e.